The number of nitrogens with one attached hydrogen (secondary N) is 2. The van der Waals surface area contributed by atoms with Crippen LogP contribution < -0.4 is 15.5 Å². The zero-order chi connectivity index (χ0) is 19.1. The normalized spacial score (nSPS) is 12.8. The molecule has 140 valence electrons. The average molecular weight is 363 g/mol. The summed E-state index contributed by atoms with van der Waals surface area (Å²) in [4.78, 5) is 25.5. The highest BCUT2D eigenvalue weighted by Crippen LogP contribution is 2.24. The van der Waals surface area contributed by atoms with Gasteiger partial charge >= 0.3 is 11.8 Å². The van der Waals surface area contributed by atoms with Gasteiger partial charge < -0.3 is 15.5 Å². The molecule has 27 heavy (non-hydrogen) atoms. The van der Waals surface area contributed by atoms with Gasteiger partial charge in [-0.2, -0.15) is 0 Å². The van der Waals surface area contributed by atoms with E-state index < -0.39 is 11.8 Å². The Morgan fingerprint density at radius 2 is 1.70 bits per heavy atom. The monoisotopic (exact) mass is 363 g/mol. The van der Waals surface area contributed by atoms with Crippen LogP contribution in [0.25, 0.3) is 0 Å². The molecule has 5 heteroatoms. The summed E-state index contributed by atoms with van der Waals surface area (Å²) < 4.78 is 0. The van der Waals surface area contributed by atoms with Crippen LogP contribution in [-0.4, -0.2) is 31.4 Å². The standard InChI is InChI=1S/C22H25N3O2/c1-2-13-23-21(26)22(27)24-14-11-17-7-9-20(10-8-17)25-15-12-18-5-3-4-6-19(18)16-25/h2-10H,1,11-16H2,(H,23,26)(H,24,27). The number of carbonyl (C=O) groups is 2. The van der Waals surface area contributed by atoms with Crippen molar-refractivity contribution >= 4 is 17.5 Å². The van der Waals surface area contributed by atoms with E-state index in [1.54, 1.807) is 0 Å². The van der Waals surface area contributed by atoms with E-state index in [9.17, 15) is 9.59 Å². The predicted octanol–water partition coefficient (Wildman–Crippen LogP) is 2.21. The molecule has 0 spiro atoms. The number of anilines is 1. The molecule has 5 nitrogen and oxygen atoms in total. The zero-order valence-corrected chi connectivity index (χ0v) is 15.4. The first kappa shape index (κ1) is 18.7. The Kier molecular flexibility index (Phi) is 6.26. The van der Waals surface area contributed by atoms with Crippen LogP contribution in [0, 0.1) is 0 Å². The minimum Gasteiger partial charge on any atom is -0.367 e. The SMILES string of the molecule is C=CCNC(=O)C(=O)NCCc1ccc(N2CCc3ccccc3C2)cc1. The first-order valence-corrected chi connectivity index (χ1v) is 9.25. The maximum atomic E-state index is 11.6. The zero-order valence-electron chi connectivity index (χ0n) is 15.4. The third kappa shape index (κ3) is 4.97. The second kappa shape index (κ2) is 9.03. The topological polar surface area (TPSA) is 61.4 Å². The molecular formula is C22H25N3O2. The minimum absolute atomic E-state index is 0.286. The minimum atomic E-state index is -0.629. The van der Waals surface area contributed by atoms with E-state index in [-0.39, 0.29) is 6.54 Å². The third-order valence-electron chi connectivity index (χ3n) is 4.74. The second-order valence-corrected chi connectivity index (χ2v) is 6.61. The maximum Gasteiger partial charge on any atom is 0.309 e. The Morgan fingerprint density at radius 3 is 2.44 bits per heavy atom. The molecule has 1 heterocycles. The Balaban J connectivity index is 1.49. The molecule has 2 aromatic rings. The fraction of sp³-hybridized carbons (Fsp3) is 0.273. The van der Waals surface area contributed by atoms with Crippen LogP contribution in [0.2, 0.25) is 0 Å². The number of hydrogen-bond donors (Lipinski definition) is 2. The van der Waals surface area contributed by atoms with Crippen molar-refractivity contribution in [1.29, 1.82) is 0 Å². The maximum absolute atomic E-state index is 11.6. The Labute approximate surface area is 160 Å². The van der Waals surface area contributed by atoms with Gasteiger partial charge in [0.05, 0.1) is 0 Å². The van der Waals surface area contributed by atoms with Crippen molar-refractivity contribution in [1.82, 2.24) is 10.6 Å². The fourth-order valence-corrected chi connectivity index (χ4v) is 3.24. The molecule has 0 saturated heterocycles. The molecular weight excluding hydrogens is 338 g/mol. The van der Waals surface area contributed by atoms with Gasteiger partial charge in [-0.15, -0.1) is 6.58 Å². The molecule has 0 saturated carbocycles. The first-order valence-electron chi connectivity index (χ1n) is 9.25. The molecule has 3 rings (SSSR count). The molecule has 2 N–H and O–H groups in total. The van der Waals surface area contributed by atoms with Crippen molar-refractivity contribution in [3.8, 4) is 0 Å². The lowest BCUT2D eigenvalue weighted by Crippen LogP contribution is -2.40. The molecule has 0 bridgehead atoms. The van der Waals surface area contributed by atoms with E-state index in [0.717, 1.165) is 25.1 Å². The van der Waals surface area contributed by atoms with Crippen LogP contribution in [0.1, 0.15) is 16.7 Å². The van der Waals surface area contributed by atoms with Crippen LogP contribution in [0.4, 0.5) is 5.69 Å². The van der Waals surface area contributed by atoms with Crippen molar-refractivity contribution in [2.45, 2.75) is 19.4 Å². The summed E-state index contributed by atoms with van der Waals surface area (Å²) in [5.41, 5.74) is 5.17. The summed E-state index contributed by atoms with van der Waals surface area (Å²) in [5, 5.41) is 5.09. The molecule has 1 aliphatic heterocycles. The van der Waals surface area contributed by atoms with Crippen molar-refractivity contribution in [2.75, 3.05) is 24.5 Å². The summed E-state index contributed by atoms with van der Waals surface area (Å²) in [6, 6.07) is 17.0. The molecule has 0 aliphatic carbocycles. The lowest BCUT2D eigenvalue weighted by atomic mass is 9.99. The quantitative estimate of drug-likeness (QED) is 0.611. The van der Waals surface area contributed by atoms with E-state index in [0.29, 0.717) is 13.0 Å². The number of carbonyl (C=O) groups excluding carboxylic acids is 2. The molecule has 2 aromatic carbocycles. The van der Waals surface area contributed by atoms with Gasteiger partial charge in [0, 0.05) is 31.9 Å². The van der Waals surface area contributed by atoms with Crippen LogP contribution in [-0.2, 0) is 29.0 Å². The summed E-state index contributed by atoms with van der Waals surface area (Å²) in [5.74, 6) is -1.24. The molecule has 0 unspecified atom stereocenters. The molecule has 1 aliphatic rings. The predicted molar refractivity (Wildman–Crippen MR) is 108 cm³/mol. The number of hydrogen-bond acceptors (Lipinski definition) is 3. The Morgan fingerprint density at radius 1 is 1.00 bits per heavy atom. The number of amides is 2. The van der Waals surface area contributed by atoms with Gasteiger partial charge in [0.1, 0.15) is 0 Å². The molecule has 0 atom stereocenters. The Bertz CT molecular complexity index is 815. The van der Waals surface area contributed by atoms with Crippen molar-refractivity contribution in [3.05, 3.63) is 77.9 Å². The Hall–Kier alpha value is -3.08. The van der Waals surface area contributed by atoms with Gasteiger partial charge in [0.25, 0.3) is 0 Å². The van der Waals surface area contributed by atoms with E-state index >= 15 is 0 Å². The largest absolute Gasteiger partial charge is 0.367 e. The lowest BCUT2D eigenvalue weighted by molar-refractivity contribution is -0.139. The van der Waals surface area contributed by atoms with Crippen LogP contribution >= 0.6 is 0 Å². The fourth-order valence-electron chi connectivity index (χ4n) is 3.24. The summed E-state index contributed by atoms with van der Waals surface area (Å²) >= 11 is 0. The average Bonchev–Trinajstić information content (AvgIpc) is 2.72. The van der Waals surface area contributed by atoms with Crippen LogP contribution in [0.15, 0.2) is 61.2 Å². The van der Waals surface area contributed by atoms with E-state index in [1.165, 1.54) is 22.9 Å². The number of nitrogens with zero attached hydrogens (tertiary/aromatic N) is 1. The lowest BCUT2D eigenvalue weighted by Gasteiger charge is -2.30. The highest BCUT2D eigenvalue weighted by atomic mass is 16.2. The first-order chi connectivity index (χ1) is 13.2. The third-order valence-corrected chi connectivity index (χ3v) is 4.74. The van der Waals surface area contributed by atoms with Gasteiger partial charge in [-0.1, -0.05) is 42.5 Å². The molecule has 0 fully saturated rings. The van der Waals surface area contributed by atoms with E-state index in [4.69, 9.17) is 0 Å². The smallest absolute Gasteiger partial charge is 0.309 e. The highest BCUT2D eigenvalue weighted by molar-refractivity contribution is 6.35. The molecule has 0 radical (unpaired) electrons. The summed E-state index contributed by atoms with van der Waals surface area (Å²) in [6.07, 6.45) is 3.29. The van der Waals surface area contributed by atoms with Gasteiger partial charge in [-0.3, -0.25) is 9.59 Å². The van der Waals surface area contributed by atoms with Crippen molar-refractivity contribution in [3.63, 3.8) is 0 Å². The number of fused-ring (bicyclic) bond motifs is 1. The van der Waals surface area contributed by atoms with E-state index in [1.807, 2.05) is 0 Å². The summed E-state index contributed by atoms with van der Waals surface area (Å²) in [7, 11) is 0. The molecule has 2 amide bonds. The number of rotatable bonds is 6. The van der Waals surface area contributed by atoms with Gasteiger partial charge in [-0.05, 0) is 41.7 Å². The van der Waals surface area contributed by atoms with Gasteiger partial charge in [0.15, 0.2) is 0 Å². The second-order valence-electron chi connectivity index (χ2n) is 6.61. The van der Waals surface area contributed by atoms with Gasteiger partial charge in [-0.25, -0.2) is 0 Å². The number of benzene rings is 2. The van der Waals surface area contributed by atoms with E-state index in [2.05, 4.69) is 70.6 Å². The highest BCUT2D eigenvalue weighted by Gasteiger charge is 2.16. The van der Waals surface area contributed by atoms with Crippen LogP contribution in [0.3, 0.4) is 0 Å². The summed E-state index contributed by atoms with van der Waals surface area (Å²) in [6.45, 7) is 6.17. The van der Waals surface area contributed by atoms with Gasteiger partial charge in [0.2, 0.25) is 0 Å². The van der Waals surface area contributed by atoms with Crippen molar-refractivity contribution in [2.24, 2.45) is 0 Å². The molecule has 0 aromatic heterocycles. The van der Waals surface area contributed by atoms with Crippen molar-refractivity contribution < 1.29 is 9.59 Å². The van der Waals surface area contributed by atoms with Crippen LogP contribution in [0.5, 0.6) is 0 Å².